The van der Waals surface area contributed by atoms with Crippen molar-refractivity contribution in [2.75, 3.05) is 33.7 Å². The Bertz CT molecular complexity index is 491. The van der Waals surface area contributed by atoms with Crippen molar-refractivity contribution in [2.45, 2.75) is 18.9 Å². The second-order valence-electron chi connectivity index (χ2n) is 5.48. The molecule has 0 saturated carbocycles. The third-order valence-corrected chi connectivity index (χ3v) is 3.88. The first kappa shape index (κ1) is 15.1. The van der Waals surface area contributed by atoms with Gasteiger partial charge in [0.2, 0.25) is 0 Å². The summed E-state index contributed by atoms with van der Waals surface area (Å²) in [4.78, 5) is 16.3. The number of carbonyl (C=O) groups is 1. The van der Waals surface area contributed by atoms with Crippen LogP contribution in [0.3, 0.4) is 0 Å². The van der Waals surface area contributed by atoms with Crippen molar-refractivity contribution in [2.24, 2.45) is 0 Å². The Morgan fingerprint density at radius 1 is 1.40 bits per heavy atom. The molecule has 1 fully saturated rings. The number of halogens is 2. The van der Waals surface area contributed by atoms with Crippen LogP contribution in [-0.4, -0.2) is 55.4 Å². The molecule has 0 N–H and O–H groups in total. The number of rotatable bonds is 5. The predicted octanol–water partition coefficient (Wildman–Crippen LogP) is 2.17. The van der Waals surface area contributed by atoms with Crippen molar-refractivity contribution in [3.8, 4) is 0 Å². The molecule has 0 bridgehead atoms. The Balaban J connectivity index is 1.89. The molecule has 1 saturated heterocycles. The largest absolute Gasteiger partial charge is 0.305 e. The minimum absolute atomic E-state index is 0.145. The molecule has 1 aliphatic heterocycles. The van der Waals surface area contributed by atoms with E-state index in [-0.39, 0.29) is 17.8 Å². The van der Waals surface area contributed by atoms with Crippen LogP contribution in [0.15, 0.2) is 18.2 Å². The highest BCUT2D eigenvalue weighted by Gasteiger charge is 2.24. The minimum atomic E-state index is -1.04. The molecule has 110 valence electrons. The Labute approximate surface area is 118 Å². The lowest BCUT2D eigenvalue weighted by Gasteiger charge is -2.20. The topological polar surface area (TPSA) is 23.6 Å². The maximum absolute atomic E-state index is 13.5. The van der Waals surface area contributed by atoms with E-state index >= 15 is 0 Å². The molecule has 0 aromatic heterocycles. The molecule has 0 amide bonds. The van der Waals surface area contributed by atoms with Crippen molar-refractivity contribution in [1.29, 1.82) is 0 Å². The van der Waals surface area contributed by atoms with E-state index in [1.165, 1.54) is 12.1 Å². The predicted molar refractivity (Wildman–Crippen MR) is 73.8 cm³/mol. The van der Waals surface area contributed by atoms with Crippen molar-refractivity contribution >= 4 is 5.78 Å². The number of ketones is 1. The van der Waals surface area contributed by atoms with Crippen LogP contribution in [-0.2, 0) is 0 Å². The van der Waals surface area contributed by atoms with Gasteiger partial charge in [-0.2, -0.15) is 0 Å². The van der Waals surface area contributed by atoms with Crippen LogP contribution >= 0.6 is 0 Å². The number of Topliss-reactive ketones (excluding diaryl/α,β-unsaturated/α-hetero) is 1. The number of benzene rings is 1. The second kappa shape index (κ2) is 6.41. The molecule has 1 unspecified atom stereocenters. The van der Waals surface area contributed by atoms with Crippen LogP contribution < -0.4 is 0 Å². The molecule has 1 aliphatic rings. The van der Waals surface area contributed by atoms with E-state index in [0.29, 0.717) is 12.6 Å². The molecule has 0 aliphatic carbocycles. The van der Waals surface area contributed by atoms with Gasteiger partial charge < -0.3 is 9.80 Å². The number of hydrogen-bond acceptors (Lipinski definition) is 3. The second-order valence-corrected chi connectivity index (χ2v) is 5.48. The SMILES string of the molecule is CN(C)C1CCN(CCC(=O)c2cccc(F)c2F)C1. The Kier molecular flexibility index (Phi) is 4.83. The molecule has 1 atom stereocenters. The van der Waals surface area contributed by atoms with Gasteiger partial charge in [-0.15, -0.1) is 0 Å². The highest BCUT2D eigenvalue weighted by Crippen LogP contribution is 2.16. The first-order valence-corrected chi connectivity index (χ1v) is 6.85. The fourth-order valence-electron chi connectivity index (χ4n) is 2.55. The van der Waals surface area contributed by atoms with Crippen molar-refractivity contribution < 1.29 is 13.6 Å². The highest BCUT2D eigenvalue weighted by molar-refractivity contribution is 5.96. The standard InChI is InChI=1S/C15H20F2N2O/c1-18(2)11-6-8-19(10-11)9-7-14(20)12-4-3-5-13(16)15(12)17/h3-5,11H,6-10H2,1-2H3. The van der Waals surface area contributed by atoms with Gasteiger partial charge in [-0.05, 0) is 39.2 Å². The summed E-state index contributed by atoms with van der Waals surface area (Å²) in [5, 5.41) is 0. The summed E-state index contributed by atoms with van der Waals surface area (Å²) in [7, 11) is 4.09. The van der Waals surface area contributed by atoms with Crippen LogP contribution in [0.1, 0.15) is 23.2 Å². The normalized spacial score (nSPS) is 19.8. The third kappa shape index (κ3) is 3.41. The molecular weight excluding hydrogens is 262 g/mol. The van der Waals surface area contributed by atoms with Gasteiger partial charge in [-0.25, -0.2) is 8.78 Å². The maximum atomic E-state index is 13.5. The smallest absolute Gasteiger partial charge is 0.169 e. The number of likely N-dealkylation sites (tertiary alicyclic amines) is 1. The van der Waals surface area contributed by atoms with E-state index in [9.17, 15) is 13.6 Å². The van der Waals surface area contributed by atoms with Gasteiger partial charge in [0.1, 0.15) is 0 Å². The van der Waals surface area contributed by atoms with Gasteiger partial charge in [0.15, 0.2) is 17.4 Å². The fourth-order valence-corrected chi connectivity index (χ4v) is 2.55. The van der Waals surface area contributed by atoms with E-state index in [4.69, 9.17) is 0 Å². The highest BCUT2D eigenvalue weighted by atomic mass is 19.2. The summed E-state index contributed by atoms with van der Waals surface area (Å²) < 4.78 is 26.6. The third-order valence-electron chi connectivity index (χ3n) is 3.88. The zero-order chi connectivity index (χ0) is 14.7. The molecule has 20 heavy (non-hydrogen) atoms. The molecule has 2 rings (SSSR count). The van der Waals surface area contributed by atoms with Gasteiger partial charge in [0.25, 0.3) is 0 Å². The lowest BCUT2D eigenvalue weighted by atomic mass is 10.1. The monoisotopic (exact) mass is 282 g/mol. The van der Waals surface area contributed by atoms with Crippen LogP contribution in [0.5, 0.6) is 0 Å². The zero-order valence-electron chi connectivity index (χ0n) is 11.9. The number of hydrogen-bond donors (Lipinski definition) is 0. The van der Waals surface area contributed by atoms with Gasteiger partial charge in [-0.3, -0.25) is 4.79 Å². The maximum Gasteiger partial charge on any atom is 0.169 e. The summed E-state index contributed by atoms with van der Waals surface area (Å²) >= 11 is 0. The van der Waals surface area contributed by atoms with Crippen molar-refractivity contribution in [3.05, 3.63) is 35.4 Å². The van der Waals surface area contributed by atoms with Crippen molar-refractivity contribution in [3.63, 3.8) is 0 Å². The van der Waals surface area contributed by atoms with E-state index < -0.39 is 11.6 Å². The van der Waals surface area contributed by atoms with E-state index in [1.807, 2.05) is 14.1 Å². The van der Waals surface area contributed by atoms with Crippen LogP contribution in [0, 0.1) is 11.6 Å². The van der Waals surface area contributed by atoms with Crippen LogP contribution in [0.25, 0.3) is 0 Å². The quantitative estimate of drug-likeness (QED) is 0.773. The molecule has 1 aromatic rings. The Morgan fingerprint density at radius 2 is 2.15 bits per heavy atom. The van der Waals surface area contributed by atoms with Gasteiger partial charge in [0.05, 0.1) is 5.56 Å². The Morgan fingerprint density at radius 3 is 2.80 bits per heavy atom. The van der Waals surface area contributed by atoms with Crippen LogP contribution in [0.4, 0.5) is 8.78 Å². The van der Waals surface area contributed by atoms with Crippen LogP contribution in [0.2, 0.25) is 0 Å². The van der Waals surface area contributed by atoms with Gasteiger partial charge in [-0.1, -0.05) is 6.07 Å². The number of carbonyl (C=O) groups excluding carboxylic acids is 1. The average Bonchev–Trinajstić information content (AvgIpc) is 2.88. The summed E-state index contributed by atoms with van der Waals surface area (Å²) in [6, 6.07) is 4.24. The molecular formula is C15H20F2N2O. The summed E-state index contributed by atoms with van der Waals surface area (Å²) in [5.41, 5.74) is -0.145. The summed E-state index contributed by atoms with van der Waals surface area (Å²) in [5.74, 6) is -2.34. The molecule has 1 aromatic carbocycles. The molecule has 0 radical (unpaired) electrons. The summed E-state index contributed by atoms with van der Waals surface area (Å²) in [6.45, 7) is 2.47. The number of nitrogens with zero attached hydrogens (tertiary/aromatic N) is 2. The van der Waals surface area contributed by atoms with E-state index in [0.717, 1.165) is 25.6 Å². The molecule has 5 heteroatoms. The molecule has 0 spiro atoms. The fraction of sp³-hybridized carbons (Fsp3) is 0.533. The van der Waals surface area contributed by atoms with Crippen molar-refractivity contribution in [1.82, 2.24) is 9.80 Å². The zero-order valence-corrected chi connectivity index (χ0v) is 11.9. The Hall–Kier alpha value is -1.33. The summed E-state index contributed by atoms with van der Waals surface area (Å²) in [6.07, 6.45) is 1.30. The molecule has 1 heterocycles. The number of likely N-dealkylation sites (N-methyl/N-ethyl adjacent to an activating group) is 1. The molecule has 3 nitrogen and oxygen atoms in total. The minimum Gasteiger partial charge on any atom is -0.305 e. The first-order chi connectivity index (χ1) is 9.49. The lowest BCUT2D eigenvalue weighted by Crippen LogP contribution is -2.32. The average molecular weight is 282 g/mol. The van der Waals surface area contributed by atoms with Gasteiger partial charge >= 0.3 is 0 Å². The van der Waals surface area contributed by atoms with E-state index in [1.54, 1.807) is 0 Å². The van der Waals surface area contributed by atoms with Gasteiger partial charge in [0, 0.05) is 25.6 Å². The first-order valence-electron chi connectivity index (χ1n) is 6.85. The lowest BCUT2D eigenvalue weighted by molar-refractivity contribution is 0.0962. The van der Waals surface area contributed by atoms with E-state index in [2.05, 4.69) is 9.80 Å².